The molecular formula is C28H25Cl2F2N3O3. The van der Waals surface area contributed by atoms with Gasteiger partial charge in [0, 0.05) is 48.8 Å². The van der Waals surface area contributed by atoms with Crippen molar-refractivity contribution in [3.05, 3.63) is 81.6 Å². The average molecular weight is 560 g/mol. The van der Waals surface area contributed by atoms with Gasteiger partial charge in [0.15, 0.2) is 0 Å². The average Bonchev–Trinajstić information content (AvgIpc) is 2.85. The quantitative estimate of drug-likeness (QED) is 0.445. The molecule has 2 heterocycles. The summed E-state index contributed by atoms with van der Waals surface area (Å²) in [5, 5.41) is 9.67. The molecule has 0 saturated carbocycles. The number of aliphatic hydroxyl groups excluding tert-OH is 1. The summed E-state index contributed by atoms with van der Waals surface area (Å²) in [5.74, 6) is -1.43. The van der Waals surface area contributed by atoms with Crippen molar-refractivity contribution in [3.8, 4) is 11.1 Å². The van der Waals surface area contributed by atoms with E-state index in [0.717, 1.165) is 0 Å². The van der Waals surface area contributed by atoms with Crippen LogP contribution in [0.2, 0.25) is 10.0 Å². The zero-order chi connectivity index (χ0) is 27.1. The molecule has 3 aromatic carbocycles. The van der Waals surface area contributed by atoms with E-state index < -0.39 is 17.9 Å². The van der Waals surface area contributed by atoms with Crippen molar-refractivity contribution in [3.63, 3.8) is 0 Å². The van der Waals surface area contributed by atoms with Gasteiger partial charge in [-0.25, -0.2) is 8.78 Å². The first-order valence-electron chi connectivity index (χ1n) is 12.1. The summed E-state index contributed by atoms with van der Waals surface area (Å²) in [5.41, 5.74) is 2.51. The van der Waals surface area contributed by atoms with E-state index in [9.17, 15) is 23.5 Å². The molecule has 0 radical (unpaired) electrons. The fourth-order valence-electron chi connectivity index (χ4n) is 4.74. The molecule has 0 spiro atoms. The van der Waals surface area contributed by atoms with Gasteiger partial charge in [0.2, 0.25) is 0 Å². The number of hydrogen-bond donors (Lipinski definition) is 1. The van der Waals surface area contributed by atoms with E-state index in [-0.39, 0.29) is 42.1 Å². The van der Waals surface area contributed by atoms with Gasteiger partial charge < -0.3 is 19.8 Å². The first-order chi connectivity index (χ1) is 18.2. The third kappa shape index (κ3) is 4.84. The summed E-state index contributed by atoms with van der Waals surface area (Å²) >= 11 is 12.7. The second-order valence-corrected chi connectivity index (χ2v) is 10.4. The van der Waals surface area contributed by atoms with Gasteiger partial charge in [0.25, 0.3) is 11.8 Å². The van der Waals surface area contributed by atoms with Crippen LogP contribution >= 0.6 is 23.2 Å². The SMILES string of the molecule is CN(C(=O)c1c(F)cccc1Cl)c1ccc(-c2cc(C(=O)N3CC(CO)C3)ccc2Cl)cc1N1CC(F)C1. The Morgan fingerprint density at radius 2 is 1.76 bits per heavy atom. The van der Waals surface area contributed by atoms with Gasteiger partial charge in [-0.3, -0.25) is 9.59 Å². The largest absolute Gasteiger partial charge is 0.396 e. The Morgan fingerprint density at radius 1 is 1.03 bits per heavy atom. The summed E-state index contributed by atoms with van der Waals surface area (Å²) in [7, 11) is 1.51. The van der Waals surface area contributed by atoms with Crippen LogP contribution in [0.25, 0.3) is 11.1 Å². The fourth-order valence-corrected chi connectivity index (χ4v) is 5.21. The Hall–Kier alpha value is -3.20. The molecule has 2 fully saturated rings. The van der Waals surface area contributed by atoms with Crippen molar-refractivity contribution >= 4 is 46.4 Å². The van der Waals surface area contributed by atoms with Crippen molar-refractivity contribution in [2.45, 2.75) is 6.17 Å². The molecule has 0 aromatic heterocycles. The number of amides is 2. The highest BCUT2D eigenvalue weighted by molar-refractivity contribution is 6.35. The molecule has 5 rings (SSSR count). The Kier molecular flexibility index (Phi) is 7.31. The Morgan fingerprint density at radius 3 is 2.42 bits per heavy atom. The molecule has 198 valence electrons. The van der Waals surface area contributed by atoms with Crippen molar-refractivity contribution < 1.29 is 23.5 Å². The van der Waals surface area contributed by atoms with Crippen LogP contribution in [0.15, 0.2) is 54.6 Å². The zero-order valence-corrected chi connectivity index (χ0v) is 22.0. The van der Waals surface area contributed by atoms with Crippen molar-refractivity contribution in [1.82, 2.24) is 4.90 Å². The smallest absolute Gasteiger partial charge is 0.262 e. The molecule has 6 nitrogen and oxygen atoms in total. The number of rotatable bonds is 6. The predicted molar refractivity (Wildman–Crippen MR) is 145 cm³/mol. The summed E-state index contributed by atoms with van der Waals surface area (Å²) in [6.45, 7) is 1.33. The molecule has 0 bridgehead atoms. The van der Waals surface area contributed by atoms with E-state index in [1.807, 2.05) is 0 Å². The molecule has 0 aliphatic carbocycles. The maximum absolute atomic E-state index is 14.5. The number of halogens is 4. The lowest BCUT2D eigenvalue weighted by molar-refractivity contribution is 0.0362. The Labute approximate surface area is 229 Å². The third-order valence-electron chi connectivity index (χ3n) is 7.02. The van der Waals surface area contributed by atoms with Crippen LogP contribution in [-0.2, 0) is 0 Å². The van der Waals surface area contributed by atoms with E-state index in [4.69, 9.17) is 23.2 Å². The molecule has 2 aliphatic heterocycles. The predicted octanol–water partition coefficient (Wildman–Crippen LogP) is 5.30. The zero-order valence-electron chi connectivity index (χ0n) is 20.5. The lowest BCUT2D eigenvalue weighted by Gasteiger charge is -2.39. The van der Waals surface area contributed by atoms with Crippen LogP contribution in [0.3, 0.4) is 0 Å². The topological polar surface area (TPSA) is 64.1 Å². The summed E-state index contributed by atoms with van der Waals surface area (Å²) in [6.07, 6.45) is -1.00. The maximum atomic E-state index is 14.5. The minimum Gasteiger partial charge on any atom is -0.396 e. The molecule has 2 saturated heterocycles. The fraction of sp³-hybridized carbons (Fsp3) is 0.286. The van der Waals surface area contributed by atoms with Crippen LogP contribution in [-0.4, -0.2) is 67.8 Å². The molecule has 10 heteroatoms. The van der Waals surface area contributed by atoms with E-state index in [0.29, 0.717) is 46.2 Å². The molecule has 38 heavy (non-hydrogen) atoms. The molecule has 0 atom stereocenters. The van der Waals surface area contributed by atoms with Crippen LogP contribution in [0.1, 0.15) is 20.7 Å². The number of benzene rings is 3. The van der Waals surface area contributed by atoms with E-state index in [1.165, 1.54) is 30.1 Å². The molecule has 1 N–H and O–H groups in total. The number of carbonyl (C=O) groups excluding carboxylic acids is 2. The number of nitrogens with zero attached hydrogens (tertiary/aromatic N) is 3. The van der Waals surface area contributed by atoms with Crippen LogP contribution < -0.4 is 9.80 Å². The minimum atomic E-state index is -1.00. The highest BCUT2D eigenvalue weighted by atomic mass is 35.5. The van der Waals surface area contributed by atoms with E-state index >= 15 is 0 Å². The second-order valence-electron chi connectivity index (χ2n) is 9.62. The van der Waals surface area contributed by atoms with Crippen molar-refractivity contribution in [2.24, 2.45) is 5.92 Å². The normalized spacial score (nSPS) is 15.7. The second kappa shape index (κ2) is 10.5. The summed E-state index contributed by atoms with van der Waals surface area (Å²) < 4.78 is 28.3. The molecule has 2 aliphatic rings. The highest BCUT2D eigenvalue weighted by Crippen LogP contribution is 2.39. The number of carbonyl (C=O) groups is 2. The monoisotopic (exact) mass is 559 g/mol. The van der Waals surface area contributed by atoms with Crippen LogP contribution in [0.5, 0.6) is 0 Å². The van der Waals surface area contributed by atoms with Gasteiger partial charge in [-0.2, -0.15) is 0 Å². The molecule has 3 aromatic rings. The number of alkyl halides is 1. The lowest BCUT2D eigenvalue weighted by Crippen LogP contribution is -2.51. The van der Waals surface area contributed by atoms with Gasteiger partial charge in [-0.1, -0.05) is 35.3 Å². The maximum Gasteiger partial charge on any atom is 0.262 e. The number of likely N-dealkylation sites (tertiary alicyclic amines) is 1. The first kappa shape index (κ1) is 26.4. The van der Waals surface area contributed by atoms with E-state index in [1.54, 1.807) is 46.2 Å². The van der Waals surface area contributed by atoms with Gasteiger partial charge in [-0.15, -0.1) is 0 Å². The number of aliphatic hydroxyl groups is 1. The number of anilines is 2. The minimum absolute atomic E-state index is 0.00596. The van der Waals surface area contributed by atoms with Gasteiger partial charge >= 0.3 is 0 Å². The van der Waals surface area contributed by atoms with Crippen molar-refractivity contribution in [2.75, 3.05) is 49.6 Å². The highest BCUT2D eigenvalue weighted by Gasteiger charge is 2.32. The van der Waals surface area contributed by atoms with Crippen LogP contribution in [0.4, 0.5) is 20.2 Å². The molecular weight excluding hydrogens is 535 g/mol. The molecule has 0 unspecified atom stereocenters. The Balaban J connectivity index is 1.50. The molecule has 2 amide bonds. The first-order valence-corrected chi connectivity index (χ1v) is 12.9. The lowest BCUT2D eigenvalue weighted by atomic mass is 9.97. The summed E-state index contributed by atoms with van der Waals surface area (Å²) in [6, 6.07) is 14.3. The third-order valence-corrected chi connectivity index (χ3v) is 7.67. The Bertz CT molecular complexity index is 1390. The van der Waals surface area contributed by atoms with Gasteiger partial charge in [-0.05, 0) is 48.0 Å². The van der Waals surface area contributed by atoms with Crippen molar-refractivity contribution in [1.29, 1.82) is 0 Å². The van der Waals surface area contributed by atoms with Gasteiger partial charge in [0.1, 0.15) is 12.0 Å². The summed E-state index contributed by atoms with van der Waals surface area (Å²) in [4.78, 5) is 30.9. The standard InChI is InChI=1S/C28H25Cl2F2N3O3/c1-33(28(38)26-22(30)3-2-4-23(26)32)24-8-6-17(10-25(24)34-13-19(31)14-34)20-9-18(5-7-21(20)29)27(37)35-11-16(12-35)15-36/h2-10,16,19,36H,11-15H2,1H3. The number of hydrogen-bond acceptors (Lipinski definition) is 4. The van der Waals surface area contributed by atoms with Crippen LogP contribution in [0, 0.1) is 11.7 Å². The van der Waals surface area contributed by atoms with E-state index in [2.05, 4.69) is 0 Å². The van der Waals surface area contributed by atoms with Gasteiger partial charge in [0.05, 0.1) is 35.1 Å².